The van der Waals surface area contributed by atoms with E-state index in [0.717, 1.165) is 18.5 Å². The Bertz CT molecular complexity index is 439. The van der Waals surface area contributed by atoms with Crippen LogP contribution in [0.4, 0.5) is 11.4 Å². The highest BCUT2D eigenvalue weighted by molar-refractivity contribution is 5.85. The number of nitrogens with two attached hydrogens (primary N) is 2. The summed E-state index contributed by atoms with van der Waals surface area (Å²) in [6.45, 7) is 1.35. The molecule has 0 aliphatic carbocycles. The van der Waals surface area contributed by atoms with Crippen molar-refractivity contribution in [2.24, 2.45) is 0 Å². The molecule has 0 spiro atoms. The van der Waals surface area contributed by atoms with Crippen LogP contribution < -0.4 is 11.5 Å². The number of nitrogens with zero attached hydrogens (tertiary/aromatic N) is 1. The quantitative estimate of drug-likeness (QED) is 0.721. The lowest BCUT2D eigenvalue weighted by Crippen LogP contribution is -2.35. The first-order valence-corrected chi connectivity index (χ1v) is 5.68. The van der Waals surface area contributed by atoms with E-state index in [1.165, 1.54) is 0 Å². The molecule has 1 aliphatic rings. The lowest BCUT2D eigenvalue weighted by atomic mass is 10.1. The average Bonchev–Trinajstić information content (AvgIpc) is 2.71. The molecule has 1 aromatic carbocycles. The monoisotopic (exact) mass is 271 g/mol. The Morgan fingerprint density at radius 1 is 1.44 bits per heavy atom. The van der Waals surface area contributed by atoms with E-state index in [1.807, 2.05) is 11.0 Å². The highest BCUT2D eigenvalue weighted by Gasteiger charge is 2.30. The number of halogens is 1. The minimum absolute atomic E-state index is 0. The molecule has 5 N–H and O–H groups in total. The van der Waals surface area contributed by atoms with Gasteiger partial charge in [-0.3, -0.25) is 9.69 Å². The molecule has 1 aromatic rings. The van der Waals surface area contributed by atoms with Crippen LogP contribution in [0.25, 0.3) is 0 Å². The molecule has 1 atom stereocenters. The highest BCUT2D eigenvalue weighted by Crippen LogP contribution is 2.23. The third kappa shape index (κ3) is 3.05. The molecule has 1 aliphatic heterocycles. The third-order valence-corrected chi connectivity index (χ3v) is 3.19. The van der Waals surface area contributed by atoms with Gasteiger partial charge >= 0.3 is 5.97 Å². The number of nitrogen functional groups attached to an aromatic ring is 2. The van der Waals surface area contributed by atoms with E-state index in [9.17, 15) is 4.79 Å². The zero-order chi connectivity index (χ0) is 12.4. The van der Waals surface area contributed by atoms with E-state index in [2.05, 4.69) is 0 Å². The van der Waals surface area contributed by atoms with Crippen LogP contribution in [0.2, 0.25) is 0 Å². The summed E-state index contributed by atoms with van der Waals surface area (Å²) in [4.78, 5) is 13.0. The van der Waals surface area contributed by atoms with Gasteiger partial charge in [0, 0.05) is 17.9 Å². The number of anilines is 2. The normalized spacial score (nSPS) is 19.4. The van der Waals surface area contributed by atoms with Crippen LogP contribution in [0.1, 0.15) is 18.4 Å². The Balaban J connectivity index is 0.00000162. The first kappa shape index (κ1) is 14.6. The zero-order valence-corrected chi connectivity index (χ0v) is 10.8. The Morgan fingerprint density at radius 3 is 2.83 bits per heavy atom. The Kier molecular flexibility index (Phi) is 4.81. The van der Waals surface area contributed by atoms with Gasteiger partial charge in [-0.05, 0) is 43.1 Å². The van der Waals surface area contributed by atoms with Gasteiger partial charge in [0.1, 0.15) is 6.04 Å². The first-order valence-electron chi connectivity index (χ1n) is 5.68. The molecule has 2 rings (SSSR count). The molecule has 0 radical (unpaired) electrons. The highest BCUT2D eigenvalue weighted by atomic mass is 35.5. The minimum Gasteiger partial charge on any atom is -0.480 e. The van der Waals surface area contributed by atoms with Crippen molar-refractivity contribution in [3.63, 3.8) is 0 Å². The molecule has 5 nitrogen and oxygen atoms in total. The average molecular weight is 272 g/mol. The van der Waals surface area contributed by atoms with Crippen molar-refractivity contribution in [3.8, 4) is 0 Å². The van der Waals surface area contributed by atoms with Crippen LogP contribution in [0.5, 0.6) is 0 Å². The molecule has 1 saturated heterocycles. The van der Waals surface area contributed by atoms with Crippen molar-refractivity contribution in [3.05, 3.63) is 23.8 Å². The van der Waals surface area contributed by atoms with E-state index in [0.29, 0.717) is 24.3 Å². The van der Waals surface area contributed by atoms with E-state index >= 15 is 0 Å². The number of carboxylic acids is 1. The van der Waals surface area contributed by atoms with E-state index in [-0.39, 0.29) is 12.4 Å². The molecule has 0 bridgehead atoms. The molecule has 100 valence electrons. The molecular weight excluding hydrogens is 254 g/mol. The summed E-state index contributed by atoms with van der Waals surface area (Å²) in [5, 5.41) is 9.09. The molecule has 6 heteroatoms. The van der Waals surface area contributed by atoms with Gasteiger partial charge in [0.05, 0.1) is 0 Å². The van der Waals surface area contributed by atoms with Gasteiger partial charge in [-0.25, -0.2) is 0 Å². The number of aliphatic carboxylic acids is 1. The van der Waals surface area contributed by atoms with Gasteiger partial charge < -0.3 is 16.6 Å². The number of carboxylic acid groups (broad SMARTS) is 1. The predicted octanol–water partition coefficient (Wildman–Crippen LogP) is 1.32. The Hall–Kier alpha value is -1.46. The predicted molar refractivity (Wildman–Crippen MR) is 73.6 cm³/mol. The molecule has 1 unspecified atom stereocenters. The van der Waals surface area contributed by atoms with Gasteiger partial charge in [-0.1, -0.05) is 0 Å². The van der Waals surface area contributed by atoms with Crippen LogP contribution >= 0.6 is 12.4 Å². The summed E-state index contributed by atoms with van der Waals surface area (Å²) in [5.41, 5.74) is 13.8. The van der Waals surface area contributed by atoms with Gasteiger partial charge in [0.2, 0.25) is 0 Å². The van der Waals surface area contributed by atoms with Crippen molar-refractivity contribution >= 4 is 29.8 Å². The summed E-state index contributed by atoms with van der Waals surface area (Å²) in [6.07, 6.45) is 1.62. The van der Waals surface area contributed by atoms with E-state index in [1.54, 1.807) is 12.1 Å². The van der Waals surface area contributed by atoms with E-state index < -0.39 is 12.0 Å². The molecule has 1 fully saturated rings. The first-order chi connectivity index (χ1) is 8.08. The van der Waals surface area contributed by atoms with E-state index in [4.69, 9.17) is 16.6 Å². The number of likely N-dealkylation sites (tertiary alicyclic amines) is 1. The standard InChI is InChI=1S/C12H17N3O2.ClH/c13-9-3-4-10(14)8(6-9)7-15-5-1-2-11(15)12(16)17;/h3-4,6,11H,1-2,5,7,13-14H2,(H,16,17);1H. The summed E-state index contributed by atoms with van der Waals surface area (Å²) in [6, 6.07) is 4.93. The topological polar surface area (TPSA) is 92.6 Å². The molecular formula is C12H18ClN3O2. The maximum absolute atomic E-state index is 11.1. The lowest BCUT2D eigenvalue weighted by molar-refractivity contribution is -0.142. The Labute approximate surface area is 112 Å². The number of carbonyl (C=O) groups is 1. The van der Waals surface area contributed by atoms with Crippen molar-refractivity contribution in [2.45, 2.75) is 25.4 Å². The van der Waals surface area contributed by atoms with Crippen molar-refractivity contribution < 1.29 is 9.90 Å². The molecule has 0 aromatic heterocycles. The number of hydrogen-bond donors (Lipinski definition) is 3. The summed E-state index contributed by atoms with van der Waals surface area (Å²) >= 11 is 0. The van der Waals surface area contributed by atoms with Crippen LogP contribution in [-0.4, -0.2) is 28.6 Å². The van der Waals surface area contributed by atoms with Crippen LogP contribution in [-0.2, 0) is 11.3 Å². The maximum atomic E-state index is 11.1. The number of rotatable bonds is 3. The second kappa shape index (κ2) is 5.93. The van der Waals surface area contributed by atoms with Gasteiger partial charge in [-0.2, -0.15) is 0 Å². The SMILES string of the molecule is Cl.Nc1ccc(N)c(CN2CCCC2C(=O)O)c1. The fourth-order valence-corrected chi connectivity index (χ4v) is 2.28. The van der Waals surface area contributed by atoms with Crippen LogP contribution in [0.15, 0.2) is 18.2 Å². The smallest absolute Gasteiger partial charge is 0.320 e. The maximum Gasteiger partial charge on any atom is 0.320 e. The molecule has 0 saturated carbocycles. The van der Waals surface area contributed by atoms with Gasteiger partial charge in [-0.15, -0.1) is 12.4 Å². The molecule has 1 heterocycles. The van der Waals surface area contributed by atoms with Crippen molar-refractivity contribution in [2.75, 3.05) is 18.0 Å². The number of hydrogen-bond acceptors (Lipinski definition) is 4. The fraction of sp³-hybridized carbons (Fsp3) is 0.417. The van der Waals surface area contributed by atoms with Crippen LogP contribution in [0.3, 0.4) is 0 Å². The zero-order valence-electron chi connectivity index (χ0n) is 10.0. The lowest BCUT2D eigenvalue weighted by Gasteiger charge is -2.21. The van der Waals surface area contributed by atoms with Crippen LogP contribution in [0, 0.1) is 0 Å². The fourth-order valence-electron chi connectivity index (χ4n) is 2.28. The third-order valence-electron chi connectivity index (χ3n) is 3.19. The second-order valence-electron chi connectivity index (χ2n) is 4.42. The molecule has 18 heavy (non-hydrogen) atoms. The molecule has 0 amide bonds. The Morgan fingerprint density at radius 2 is 2.17 bits per heavy atom. The summed E-state index contributed by atoms with van der Waals surface area (Å²) < 4.78 is 0. The summed E-state index contributed by atoms with van der Waals surface area (Å²) in [5.74, 6) is -0.759. The van der Waals surface area contributed by atoms with Crippen molar-refractivity contribution in [1.29, 1.82) is 0 Å². The minimum atomic E-state index is -0.759. The van der Waals surface area contributed by atoms with Crippen molar-refractivity contribution in [1.82, 2.24) is 4.90 Å². The van der Waals surface area contributed by atoms with Gasteiger partial charge in [0.25, 0.3) is 0 Å². The largest absolute Gasteiger partial charge is 0.480 e. The number of benzene rings is 1. The summed E-state index contributed by atoms with van der Waals surface area (Å²) in [7, 11) is 0. The second-order valence-corrected chi connectivity index (χ2v) is 4.42. The van der Waals surface area contributed by atoms with Gasteiger partial charge in [0.15, 0.2) is 0 Å².